The second-order valence-corrected chi connectivity index (χ2v) is 4.87. The van der Waals surface area contributed by atoms with Crippen LogP contribution in [0.25, 0.3) is 5.69 Å². The first-order chi connectivity index (χ1) is 10.4. The van der Waals surface area contributed by atoms with Crippen LogP contribution in [0.3, 0.4) is 0 Å². The van der Waals surface area contributed by atoms with Crippen LogP contribution in [0.15, 0.2) is 38.6 Å². The Hall–Kier alpha value is -2.90. The number of aromatic amines is 2. The van der Waals surface area contributed by atoms with Crippen LogP contribution in [0, 0.1) is 5.92 Å². The smallest absolute Gasteiger partial charge is 0.326 e. The number of rotatable bonds is 4. The molecule has 1 aromatic heterocycles. The molecule has 1 unspecified atom stereocenters. The summed E-state index contributed by atoms with van der Waals surface area (Å²) in [5, 5.41) is 2.74. The van der Waals surface area contributed by atoms with Crippen LogP contribution in [-0.4, -0.2) is 20.4 Å². The second-order valence-electron chi connectivity index (χ2n) is 4.87. The van der Waals surface area contributed by atoms with Gasteiger partial charge in [-0.05, 0) is 30.7 Å². The van der Waals surface area contributed by atoms with E-state index in [4.69, 9.17) is 0 Å². The van der Waals surface area contributed by atoms with Gasteiger partial charge in [0, 0.05) is 11.6 Å². The molecule has 1 atom stereocenters. The number of nitrogens with one attached hydrogen (secondary N) is 3. The van der Waals surface area contributed by atoms with Crippen molar-refractivity contribution in [1.29, 1.82) is 0 Å². The number of anilines is 1. The highest BCUT2D eigenvalue weighted by Crippen LogP contribution is 2.13. The highest BCUT2D eigenvalue weighted by molar-refractivity contribution is 5.92. The van der Waals surface area contributed by atoms with E-state index >= 15 is 0 Å². The van der Waals surface area contributed by atoms with Gasteiger partial charge in [0.15, 0.2) is 0 Å². The molecule has 8 nitrogen and oxygen atoms in total. The van der Waals surface area contributed by atoms with Gasteiger partial charge in [0.2, 0.25) is 5.91 Å². The zero-order valence-electron chi connectivity index (χ0n) is 12.2. The zero-order chi connectivity index (χ0) is 16.3. The fourth-order valence-electron chi connectivity index (χ4n) is 1.81. The van der Waals surface area contributed by atoms with Crippen LogP contribution in [0.1, 0.15) is 20.3 Å². The number of hydrogen-bond acceptors (Lipinski definition) is 4. The summed E-state index contributed by atoms with van der Waals surface area (Å²) in [4.78, 5) is 50.1. The van der Waals surface area contributed by atoms with Gasteiger partial charge in [-0.2, -0.15) is 0 Å². The number of hydrogen-bond donors (Lipinski definition) is 3. The Morgan fingerprint density at radius 2 is 1.68 bits per heavy atom. The molecular weight excluding hydrogens is 288 g/mol. The van der Waals surface area contributed by atoms with E-state index in [2.05, 4.69) is 5.32 Å². The van der Waals surface area contributed by atoms with Crippen LogP contribution in [0.5, 0.6) is 0 Å². The van der Waals surface area contributed by atoms with Crippen LogP contribution in [0.4, 0.5) is 5.69 Å². The number of carbonyl (C=O) groups excluding carboxylic acids is 1. The minimum Gasteiger partial charge on any atom is -0.326 e. The maximum absolute atomic E-state index is 11.8. The molecule has 116 valence electrons. The standard InChI is InChI=1S/C14H16N4O4/c1-3-8(2)11(19)15-9-4-6-10(7-5-9)18-13(21)16-12(20)17-14(18)22/h4-8H,3H2,1-2H3,(H,15,19)(H2,16,17,20,21,22). The molecule has 0 saturated carbocycles. The molecule has 0 fully saturated rings. The summed E-state index contributed by atoms with van der Waals surface area (Å²) in [6.07, 6.45) is 0.728. The van der Waals surface area contributed by atoms with Crippen molar-refractivity contribution < 1.29 is 4.79 Å². The Labute approximate surface area is 124 Å². The predicted molar refractivity (Wildman–Crippen MR) is 81.4 cm³/mol. The highest BCUT2D eigenvalue weighted by Gasteiger charge is 2.11. The van der Waals surface area contributed by atoms with Crippen LogP contribution in [-0.2, 0) is 4.79 Å². The topological polar surface area (TPSA) is 117 Å². The quantitative estimate of drug-likeness (QED) is 0.748. The third kappa shape index (κ3) is 3.22. The lowest BCUT2D eigenvalue weighted by Crippen LogP contribution is -2.42. The maximum Gasteiger partial charge on any atom is 0.338 e. The van der Waals surface area contributed by atoms with E-state index in [1.165, 1.54) is 12.1 Å². The molecule has 0 bridgehead atoms. The van der Waals surface area contributed by atoms with E-state index in [0.29, 0.717) is 5.69 Å². The van der Waals surface area contributed by atoms with Crippen molar-refractivity contribution in [2.75, 3.05) is 5.32 Å². The Morgan fingerprint density at radius 1 is 1.14 bits per heavy atom. The fraction of sp³-hybridized carbons (Fsp3) is 0.286. The summed E-state index contributed by atoms with van der Waals surface area (Å²) in [6.45, 7) is 3.74. The number of aromatic nitrogens is 3. The molecule has 0 aliphatic carbocycles. The van der Waals surface area contributed by atoms with Crippen molar-refractivity contribution in [3.8, 4) is 5.69 Å². The molecule has 1 aromatic carbocycles. The van der Waals surface area contributed by atoms with E-state index in [-0.39, 0.29) is 17.5 Å². The molecule has 2 aromatic rings. The molecule has 1 heterocycles. The third-order valence-corrected chi connectivity index (χ3v) is 3.30. The lowest BCUT2D eigenvalue weighted by atomic mass is 10.1. The van der Waals surface area contributed by atoms with E-state index in [1.54, 1.807) is 12.1 Å². The van der Waals surface area contributed by atoms with Crippen molar-refractivity contribution in [2.45, 2.75) is 20.3 Å². The van der Waals surface area contributed by atoms with Gasteiger partial charge < -0.3 is 5.32 Å². The number of nitrogens with zero attached hydrogens (tertiary/aromatic N) is 1. The molecule has 2 rings (SSSR count). The summed E-state index contributed by atoms with van der Waals surface area (Å²) in [5.41, 5.74) is -1.68. The third-order valence-electron chi connectivity index (χ3n) is 3.30. The molecule has 22 heavy (non-hydrogen) atoms. The molecule has 0 aliphatic rings. The first kappa shape index (κ1) is 15.5. The van der Waals surface area contributed by atoms with Gasteiger partial charge in [-0.1, -0.05) is 13.8 Å². The van der Waals surface area contributed by atoms with Crippen molar-refractivity contribution >= 4 is 11.6 Å². The van der Waals surface area contributed by atoms with E-state index in [9.17, 15) is 19.2 Å². The van der Waals surface area contributed by atoms with E-state index in [1.807, 2.05) is 23.8 Å². The molecule has 0 spiro atoms. The van der Waals surface area contributed by atoms with E-state index < -0.39 is 17.1 Å². The SMILES string of the molecule is CCC(C)C(=O)Nc1ccc(-n2c(=O)[nH]c(=O)[nH]c2=O)cc1. The van der Waals surface area contributed by atoms with Crippen molar-refractivity contribution in [1.82, 2.24) is 14.5 Å². The number of H-pyrrole nitrogens is 2. The summed E-state index contributed by atoms with van der Waals surface area (Å²) in [7, 11) is 0. The van der Waals surface area contributed by atoms with Gasteiger partial charge in [-0.3, -0.25) is 14.8 Å². The molecule has 3 N–H and O–H groups in total. The summed E-state index contributed by atoms with van der Waals surface area (Å²) in [6, 6.07) is 6.15. The Balaban J connectivity index is 2.31. The van der Waals surface area contributed by atoms with Crippen LogP contribution in [0.2, 0.25) is 0 Å². The van der Waals surface area contributed by atoms with Gasteiger partial charge >= 0.3 is 17.1 Å². The minimum absolute atomic E-state index is 0.102. The maximum atomic E-state index is 11.8. The average Bonchev–Trinajstić information content (AvgIpc) is 2.47. The Morgan fingerprint density at radius 3 is 2.18 bits per heavy atom. The van der Waals surface area contributed by atoms with Gasteiger partial charge in [-0.25, -0.2) is 19.0 Å². The summed E-state index contributed by atoms with van der Waals surface area (Å²) in [5.74, 6) is -0.210. The van der Waals surface area contributed by atoms with E-state index in [0.717, 1.165) is 11.0 Å². The first-order valence-electron chi connectivity index (χ1n) is 6.79. The normalized spacial score (nSPS) is 11.9. The van der Waals surface area contributed by atoms with Crippen LogP contribution >= 0.6 is 0 Å². The number of carbonyl (C=O) groups is 1. The molecule has 1 amide bonds. The van der Waals surface area contributed by atoms with Crippen molar-refractivity contribution in [3.63, 3.8) is 0 Å². The molecular formula is C14H16N4O4. The molecule has 0 aliphatic heterocycles. The highest BCUT2D eigenvalue weighted by atomic mass is 16.2. The molecule has 0 saturated heterocycles. The molecule has 0 radical (unpaired) electrons. The summed E-state index contributed by atoms with van der Waals surface area (Å²) < 4.78 is 0.793. The lowest BCUT2D eigenvalue weighted by Gasteiger charge is -2.10. The van der Waals surface area contributed by atoms with Gasteiger partial charge in [-0.15, -0.1) is 0 Å². The monoisotopic (exact) mass is 304 g/mol. The average molecular weight is 304 g/mol. The van der Waals surface area contributed by atoms with Gasteiger partial charge in [0.25, 0.3) is 0 Å². The lowest BCUT2D eigenvalue weighted by molar-refractivity contribution is -0.119. The second kappa shape index (κ2) is 6.25. The van der Waals surface area contributed by atoms with Crippen molar-refractivity contribution in [2.24, 2.45) is 5.92 Å². The zero-order valence-corrected chi connectivity index (χ0v) is 12.2. The number of amides is 1. The van der Waals surface area contributed by atoms with Gasteiger partial charge in [0.1, 0.15) is 0 Å². The van der Waals surface area contributed by atoms with Gasteiger partial charge in [0.05, 0.1) is 5.69 Å². The fourth-order valence-corrected chi connectivity index (χ4v) is 1.81. The largest absolute Gasteiger partial charge is 0.338 e. The number of benzene rings is 1. The van der Waals surface area contributed by atoms with Crippen LogP contribution < -0.4 is 22.4 Å². The Bertz CT molecular complexity index is 810. The molecule has 8 heteroatoms. The summed E-state index contributed by atoms with van der Waals surface area (Å²) >= 11 is 0. The Kier molecular flexibility index (Phi) is 4.40. The van der Waals surface area contributed by atoms with Crippen molar-refractivity contribution in [3.05, 3.63) is 55.7 Å². The first-order valence-corrected chi connectivity index (χ1v) is 6.79. The predicted octanol–water partition coefficient (Wildman–Crippen LogP) is 0.199. The minimum atomic E-state index is -0.858.